The van der Waals surface area contributed by atoms with Crippen LogP contribution in [0.4, 0.5) is 0 Å². The number of carboxylic acids is 1. The summed E-state index contributed by atoms with van der Waals surface area (Å²) in [6.45, 7) is 0.520. The van der Waals surface area contributed by atoms with Crippen molar-refractivity contribution >= 4 is 17.6 Å². The highest BCUT2D eigenvalue weighted by Crippen LogP contribution is 2.44. The van der Waals surface area contributed by atoms with Crippen LogP contribution in [-0.4, -0.2) is 48.8 Å². The van der Waals surface area contributed by atoms with Gasteiger partial charge in [0.2, 0.25) is 0 Å². The van der Waals surface area contributed by atoms with E-state index in [-0.39, 0.29) is 11.6 Å². The number of benzene rings is 2. The Bertz CT molecular complexity index is 926. The van der Waals surface area contributed by atoms with Crippen molar-refractivity contribution in [1.82, 2.24) is 10.2 Å². The van der Waals surface area contributed by atoms with Gasteiger partial charge in [0.05, 0.1) is 5.02 Å². The smallest absolute Gasteiger partial charge is 0.320 e. The van der Waals surface area contributed by atoms with Gasteiger partial charge >= 0.3 is 5.97 Å². The third kappa shape index (κ3) is 4.95. The Labute approximate surface area is 195 Å². The number of hydrogen-bond acceptors (Lipinski definition) is 4. The third-order valence-electron chi connectivity index (χ3n) is 7.30. The van der Waals surface area contributed by atoms with Gasteiger partial charge in [-0.3, -0.25) is 9.69 Å². The van der Waals surface area contributed by atoms with E-state index in [9.17, 15) is 9.90 Å². The number of rotatable bonds is 7. The molecule has 2 aliphatic rings. The summed E-state index contributed by atoms with van der Waals surface area (Å²) >= 11 is 6.39. The Morgan fingerprint density at radius 1 is 1.19 bits per heavy atom. The van der Waals surface area contributed by atoms with E-state index in [4.69, 9.17) is 16.3 Å². The zero-order chi connectivity index (χ0) is 22.7. The average molecular weight is 457 g/mol. The molecule has 2 aromatic carbocycles. The first-order valence-corrected chi connectivity index (χ1v) is 11.9. The van der Waals surface area contributed by atoms with Gasteiger partial charge in [0.1, 0.15) is 17.9 Å². The summed E-state index contributed by atoms with van der Waals surface area (Å²) in [6.07, 6.45) is 5.94. The summed E-state index contributed by atoms with van der Waals surface area (Å²) in [5, 5.41) is 12.7. The van der Waals surface area contributed by atoms with Crippen molar-refractivity contribution in [3.8, 4) is 5.75 Å². The number of nitrogens with zero attached hydrogens (tertiary/aromatic N) is 1. The topological polar surface area (TPSA) is 61.8 Å². The van der Waals surface area contributed by atoms with Gasteiger partial charge in [-0.2, -0.15) is 0 Å². The van der Waals surface area contributed by atoms with Crippen LogP contribution in [-0.2, 0) is 16.8 Å². The van der Waals surface area contributed by atoms with Gasteiger partial charge in [-0.1, -0.05) is 48.0 Å². The van der Waals surface area contributed by atoms with Crippen LogP contribution in [0, 0.1) is 5.92 Å². The fourth-order valence-corrected chi connectivity index (χ4v) is 5.52. The largest absolute Gasteiger partial charge is 0.487 e. The maximum Gasteiger partial charge on any atom is 0.320 e. The Morgan fingerprint density at radius 3 is 2.53 bits per heavy atom. The predicted octanol–water partition coefficient (Wildman–Crippen LogP) is 4.72. The minimum absolute atomic E-state index is 0.113. The molecule has 2 atom stereocenters. The van der Waals surface area contributed by atoms with Crippen LogP contribution in [0.15, 0.2) is 48.5 Å². The Morgan fingerprint density at radius 2 is 1.91 bits per heavy atom. The van der Waals surface area contributed by atoms with Gasteiger partial charge in [0.15, 0.2) is 0 Å². The number of halogens is 1. The monoisotopic (exact) mass is 456 g/mol. The predicted molar refractivity (Wildman–Crippen MR) is 127 cm³/mol. The van der Waals surface area contributed by atoms with Gasteiger partial charge in [-0.05, 0) is 75.4 Å². The minimum Gasteiger partial charge on any atom is -0.487 e. The molecule has 172 valence electrons. The van der Waals surface area contributed by atoms with Crippen molar-refractivity contribution in [1.29, 1.82) is 0 Å². The molecular formula is C26H33ClN2O3. The Hall–Kier alpha value is -2.08. The molecule has 4 rings (SSSR count). The average Bonchev–Trinajstić information content (AvgIpc) is 3.26. The van der Waals surface area contributed by atoms with Gasteiger partial charge in [0.25, 0.3) is 0 Å². The molecule has 1 saturated carbocycles. The molecule has 0 spiro atoms. The fourth-order valence-electron chi connectivity index (χ4n) is 5.36. The Kier molecular flexibility index (Phi) is 7.08. The van der Waals surface area contributed by atoms with E-state index < -0.39 is 12.0 Å². The molecule has 0 bridgehead atoms. The molecule has 5 nitrogen and oxygen atoms in total. The van der Waals surface area contributed by atoms with Crippen LogP contribution in [0.1, 0.15) is 43.2 Å². The first-order chi connectivity index (χ1) is 15.4. The zero-order valence-corrected chi connectivity index (χ0v) is 19.6. The van der Waals surface area contributed by atoms with E-state index in [1.807, 2.05) is 12.1 Å². The maximum atomic E-state index is 11.2. The highest BCUT2D eigenvalue weighted by atomic mass is 35.5. The summed E-state index contributed by atoms with van der Waals surface area (Å²) in [7, 11) is 4.39. The molecule has 1 aliphatic carbocycles. The number of aliphatic carboxylic acids is 1. The van der Waals surface area contributed by atoms with Gasteiger partial charge in [-0.25, -0.2) is 0 Å². The third-order valence-corrected chi connectivity index (χ3v) is 7.61. The lowest BCUT2D eigenvalue weighted by Gasteiger charge is -2.45. The molecule has 2 aromatic rings. The second-order valence-corrected chi connectivity index (χ2v) is 9.89. The lowest BCUT2D eigenvalue weighted by atomic mass is 9.70. The molecule has 1 heterocycles. The molecule has 0 amide bonds. The molecule has 1 saturated heterocycles. The molecule has 0 unspecified atom stereocenters. The quantitative estimate of drug-likeness (QED) is 0.631. The van der Waals surface area contributed by atoms with Crippen molar-refractivity contribution in [2.75, 3.05) is 20.6 Å². The number of nitrogens with one attached hydrogen (secondary N) is 1. The number of hydrogen-bond donors (Lipinski definition) is 2. The SMILES string of the molecule is CN(C)C1(c2ccccc2)CCC(Cc2ccc(Cl)c(O[C@@H]3CN[C@H](C(=O)O)C3)c2)CC1. The van der Waals surface area contributed by atoms with Gasteiger partial charge in [-0.15, -0.1) is 0 Å². The molecule has 2 N–H and O–H groups in total. The van der Waals surface area contributed by atoms with E-state index >= 15 is 0 Å². The van der Waals surface area contributed by atoms with E-state index in [0.717, 1.165) is 19.3 Å². The summed E-state index contributed by atoms with van der Waals surface area (Å²) in [4.78, 5) is 13.6. The van der Waals surface area contributed by atoms with Crippen LogP contribution in [0.5, 0.6) is 5.75 Å². The molecule has 0 radical (unpaired) electrons. The molecular weight excluding hydrogens is 424 g/mol. The van der Waals surface area contributed by atoms with Crippen LogP contribution >= 0.6 is 11.6 Å². The van der Waals surface area contributed by atoms with Crippen molar-refractivity contribution in [2.45, 2.75) is 56.2 Å². The molecule has 32 heavy (non-hydrogen) atoms. The molecule has 2 fully saturated rings. The highest BCUT2D eigenvalue weighted by molar-refractivity contribution is 6.32. The van der Waals surface area contributed by atoms with Crippen molar-refractivity contribution in [3.63, 3.8) is 0 Å². The lowest BCUT2D eigenvalue weighted by Crippen LogP contribution is -2.44. The van der Waals surface area contributed by atoms with E-state index in [0.29, 0.717) is 29.7 Å². The van der Waals surface area contributed by atoms with Gasteiger partial charge in [0, 0.05) is 18.5 Å². The summed E-state index contributed by atoms with van der Waals surface area (Å²) in [6, 6.07) is 16.4. The number of carboxylic acid groups (broad SMARTS) is 1. The maximum absolute atomic E-state index is 11.2. The Balaban J connectivity index is 1.39. The van der Waals surface area contributed by atoms with E-state index in [1.54, 1.807) is 0 Å². The van der Waals surface area contributed by atoms with Crippen LogP contribution in [0.2, 0.25) is 5.02 Å². The molecule has 1 aliphatic heterocycles. The van der Waals surface area contributed by atoms with Crippen molar-refractivity contribution in [2.24, 2.45) is 5.92 Å². The molecule has 0 aromatic heterocycles. The summed E-state index contributed by atoms with van der Waals surface area (Å²) < 4.78 is 6.07. The second-order valence-electron chi connectivity index (χ2n) is 9.48. The summed E-state index contributed by atoms with van der Waals surface area (Å²) in [5.41, 5.74) is 2.75. The molecule has 6 heteroatoms. The minimum atomic E-state index is -0.836. The second kappa shape index (κ2) is 9.82. The van der Waals surface area contributed by atoms with Crippen molar-refractivity contribution < 1.29 is 14.6 Å². The zero-order valence-electron chi connectivity index (χ0n) is 18.9. The fraction of sp³-hybridized carbons (Fsp3) is 0.500. The normalized spacial score (nSPS) is 28.1. The van der Waals surface area contributed by atoms with Crippen molar-refractivity contribution in [3.05, 3.63) is 64.7 Å². The highest BCUT2D eigenvalue weighted by Gasteiger charge is 2.38. The van der Waals surface area contributed by atoms with Crippen LogP contribution in [0.25, 0.3) is 0 Å². The van der Waals surface area contributed by atoms with Crippen LogP contribution in [0.3, 0.4) is 0 Å². The van der Waals surface area contributed by atoms with Crippen LogP contribution < -0.4 is 10.1 Å². The first-order valence-electron chi connectivity index (χ1n) is 11.5. The standard InChI is InChI=1S/C26H33ClN2O3/c1-29(2)26(20-6-4-3-5-7-20)12-10-18(11-13-26)14-19-8-9-22(27)24(15-19)32-21-16-23(25(30)31)28-17-21/h3-9,15,18,21,23,28H,10-14,16-17H2,1-2H3,(H,30,31)/t18?,21-,23-,26?/m0/s1. The first kappa shape index (κ1) is 23.1. The summed E-state index contributed by atoms with van der Waals surface area (Å²) in [5.74, 6) is 0.452. The lowest BCUT2D eigenvalue weighted by molar-refractivity contribution is -0.139. The number of ether oxygens (including phenoxy) is 1. The van der Waals surface area contributed by atoms with E-state index in [1.165, 1.54) is 24.0 Å². The van der Waals surface area contributed by atoms with E-state index in [2.05, 4.69) is 60.7 Å². The number of carbonyl (C=O) groups is 1. The van der Waals surface area contributed by atoms with Gasteiger partial charge < -0.3 is 15.2 Å².